The summed E-state index contributed by atoms with van der Waals surface area (Å²) in [5, 5.41) is 8.26. The number of likely N-dealkylation sites (tertiary alicyclic amines) is 1. The molecule has 2 amide bonds. The molecule has 5 rings (SSSR count). The van der Waals surface area contributed by atoms with Crippen molar-refractivity contribution in [2.45, 2.75) is 51.2 Å². The van der Waals surface area contributed by atoms with Gasteiger partial charge in [0.1, 0.15) is 6.04 Å². The van der Waals surface area contributed by atoms with Gasteiger partial charge in [0.05, 0.1) is 18.2 Å². The van der Waals surface area contributed by atoms with Crippen molar-refractivity contribution in [1.29, 1.82) is 0 Å². The number of fused-ring (bicyclic) bond motifs is 1. The molecule has 4 aromatic carbocycles. The number of carbonyl (C=O) groups excluding carboxylic acids is 2. The second kappa shape index (κ2) is 15.1. The maximum Gasteiger partial charge on any atom is 0.262 e. The third-order valence-electron chi connectivity index (χ3n) is 8.09. The van der Waals surface area contributed by atoms with Gasteiger partial charge in [-0.25, -0.2) is 4.21 Å². The van der Waals surface area contributed by atoms with Crippen LogP contribution >= 0.6 is 0 Å². The Hall–Kier alpha value is -4.05. The van der Waals surface area contributed by atoms with Gasteiger partial charge >= 0.3 is 0 Å². The zero-order valence-electron chi connectivity index (χ0n) is 25.0. The molecule has 1 aliphatic rings. The summed E-state index contributed by atoms with van der Waals surface area (Å²) in [6.07, 6.45) is 2.14. The summed E-state index contributed by atoms with van der Waals surface area (Å²) in [6, 6.07) is 29.2. The fourth-order valence-corrected chi connectivity index (χ4v) is 6.50. The molecule has 8 nitrogen and oxygen atoms in total. The monoisotopic (exact) mass is 612 g/mol. The molecule has 230 valence electrons. The second-order valence-corrected chi connectivity index (χ2v) is 12.0. The third-order valence-corrected chi connectivity index (χ3v) is 8.90. The molecule has 3 atom stereocenters. The third kappa shape index (κ3) is 7.91. The Labute approximate surface area is 261 Å². The van der Waals surface area contributed by atoms with Gasteiger partial charge in [-0.2, -0.15) is 0 Å². The van der Waals surface area contributed by atoms with Crippen molar-refractivity contribution in [3.05, 3.63) is 114 Å². The molecule has 1 heterocycles. The molecular weight excluding hydrogens is 572 g/mol. The Kier molecular flexibility index (Phi) is 10.8. The molecule has 3 unspecified atom stereocenters. The summed E-state index contributed by atoms with van der Waals surface area (Å²) >= 11 is -2.43. The van der Waals surface area contributed by atoms with E-state index in [0.717, 1.165) is 53.4 Å². The van der Waals surface area contributed by atoms with Crippen molar-refractivity contribution in [3.63, 3.8) is 0 Å². The standard InChI is InChI=1S/C35H40N4O4S/c1-2-36-25-27-16-14-26(15-17-27)22-32(35(41)38-20-8-9-21-38)37-34(40)24-33(29-11-4-3-5-12-29)39(44(42)43)31-19-18-28-10-6-7-13-30(28)23-31/h3-7,10-19,23,32-33,36H,2,8-9,20-22,24-25H2,1H3,(H,37,40)(H,42,43). The highest BCUT2D eigenvalue weighted by molar-refractivity contribution is 7.80. The zero-order valence-corrected chi connectivity index (χ0v) is 25.8. The van der Waals surface area contributed by atoms with E-state index in [1.165, 1.54) is 4.31 Å². The van der Waals surface area contributed by atoms with Gasteiger partial charge in [0.2, 0.25) is 11.8 Å². The van der Waals surface area contributed by atoms with Crippen LogP contribution in [0.1, 0.15) is 48.9 Å². The van der Waals surface area contributed by atoms with Crippen molar-refractivity contribution in [1.82, 2.24) is 15.5 Å². The van der Waals surface area contributed by atoms with E-state index in [4.69, 9.17) is 0 Å². The second-order valence-electron chi connectivity index (χ2n) is 11.2. The minimum atomic E-state index is -2.43. The molecule has 0 aromatic heterocycles. The van der Waals surface area contributed by atoms with E-state index in [-0.39, 0.29) is 18.2 Å². The Balaban J connectivity index is 1.40. The van der Waals surface area contributed by atoms with Gasteiger partial charge in [0.15, 0.2) is 0 Å². The smallest absolute Gasteiger partial charge is 0.262 e. The number of benzene rings is 4. The van der Waals surface area contributed by atoms with E-state index in [2.05, 4.69) is 17.6 Å². The first-order valence-corrected chi connectivity index (χ1v) is 16.3. The molecule has 0 saturated carbocycles. The highest BCUT2D eigenvalue weighted by atomic mass is 32.2. The number of nitrogens with one attached hydrogen (secondary N) is 2. The van der Waals surface area contributed by atoms with Crippen molar-refractivity contribution in [3.8, 4) is 0 Å². The molecule has 0 bridgehead atoms. The average Bonchev–Trinajstić information content (AvgIpc) is 3.59. The van der Waals surface area contributed by atoms with Gasteiger partial charge in [0, 0.05) is 26.1 Å². The van der Waals surface area contributed by atoms with Crippen molar-refractivity contribution in [2.75, 3.05) is 23.9 Å². The molecule has 4 aromatic rings. The fraction of sp³-hybridized carbons (Fsp3) is 0.314. The summed E-state index contributed by atoms with van der Waals surface area (Å²) < 4.78 is 24.8. The van der Waals surface area contributed by atoms with Gasteiger partial charge < -0.3 is 15.5 Å². The predicted octanol–water partition coefficient (Wildman–Crippen LogP) is 5.37. The predicted molar refractivity (Wildman–Crippen MR) is 176 cm³/mol. The van der Waals surface area contributed by atoms with Gasteiger partial charge in [0.25, 0.3) is 11.3 Å². The summed E-state index contributed by atoms with van der Waals surface area (Å²) in [5.41, 5.74) is 3.35. The summed E-state index contributed by atoms with van der Waals surface area (Å²) in [6.45, 7) is 5.07. The molecule has 3 N–H and O–H groups in total. The van der Waals surface area contributed by atoms with E-state index in [1.807, 2.05) is 95.9 Å². The van der Waals surface area contributed by atoms with Gasteiger partial charge in [-0.3, -0.25) is 18.4 Å². The normalized spacial score (nSPS) is 15.1. The van der Waals surface area contributed by atoms with Gasteiger partial charge in [-0.15, -0.1) is 0 Å². The first-order valence-electron chi connectivity index (χ1n) is 15.2. The van der Waals surface area contributed by atoms with E-state index in [0.29, 0.717) is 25.2 Å². The first-order chi connectivity index (χ1) is 21.4. The quantitative estimate of drug-likeness (QED) is 0.176. The Morgan fingerprint density at radius 1 is 0.886 bits per heavy atom. The van der Waals surface area contributed by atoms with Crippen molar-refractivity contribution < 1.29 is 18.4 Å². The lowest BCUT2D eigenvalue weighted by molar-refractivity contribution is -0.135. The van der Waals surface area contributed by atoms with E-state index in [1.54, 1.807) is 6.07 Å². The van der Waals surface area contributed by atoms with Crippen LogP contribution in [0.4, 0.5) is 5.69 Å². The summed E-state index contributed by atoms with van der Waals surface area (Å²) in [7, 11) is 0. The number of nitrogens with zero attached hydrogens (tertiary/aromatic N) is 2. The molecule has 0 spiro atoms. The van der Waals surface area contributed by atoms with Crippen LogP contribution in [-0.2, 0) is 33.8 Å². The first kappa shape index (κ1) is 31.4. The topological polar surface area (TPSA) is 102 Å². The largest absolute Gasteiger partial charge is 0.344 e. The lowest BCUT2D eigenvalue weighted by Crippen LogP contribution is -2.49. The lowest BCUT2D eigenvalue weighted by atomic mass is 10.0. The van der Waals surface area contributed by atoms with Crippen LogP contribution in [0.25, 0.3) is 10.8 Å². The average molecular weight is 613 g/mol. The minimum Gasteiger partial charge on any atom is -0.344 e. The molecule has 1 saturated heterocycles. The SMILES string of the molecule is CCNCc1ccc(CC(NC(=O)CC(c2ccccc2)N(c2ccc3ccccc3c2)S(=O)O)C(=O)N2CCCC2)cc1. The van der Waals surface area contributed by atoms with E-state index < -0.39 is 23.4 Å². The molecule has 0 radical (unpaired) electrons. The van der Waals surface area contributed by atoms with Crippen molar-refractivity contribution in [2.24, 2.45) is 0 Å². The fourth-order valence-electron chi connectivity index (χ4n) is 5.79. The van der Waals surface area contributed by atoms with E-state index in [9.17, 15) is 18.4 Å². The maximum absolute atomic E-state index is 13.8. The lowest BCUT2D eigenvalue weighted by Gasteiger charge is -2.31. The summed E-state index contributed by atoms with van der Waals surface area (Å²) in [5.74, 6) is -0.461. The van der Waals surface area contributed by atoms with Crippen molar-refractivity contribution >= 4 is 39.5 Å². The number of hydrogen-bond donors (Lipinski definition) is 3. The maximum atomic E-state index is 13.8. The number of anilines is 1. The zero-order chi connectivity index (χ0) is 30.9. The number of hydrogen-bond acceptors (Lipinski definition) is 4. The van der Waals surface area contributed by atoms with Crippen LogP contribution in [0, 0.1) is 0 Å². The Morgan fingerprint density at radius 2 is 1.55 bits per heavy atom. The molecule has 1 fully saturated rings. The molecule has 9 heteroatoms. The number of rotatable bonds is 13. The molecular formula is C35H40N4O4S. The van der Waals surface area contributed by atoms with Gasteiger partial charge in [-0.05, 0) is 59.0 Å². The van der Waals surface area contributed by atoms with Crippen LogP contribution < -0.4 is 14.9 Å². The van der Waals surface area contributed by atoms with E-state index >= 15 is 0 Å². The minimum absolute atomic E-state index is 0.0963. The Morgan fingerprint density at radius 3 is 2.23 bits per heavy atom. The number of carbonyl (C=O) groups is 2. The highest BCUT2D eigenvalue weighted by Crippen LogP contribution is 2.33. The molecule has 0 aliphatic carbocycles. The molecule has 1 aliphatic heterocycles. The van der Waals surface area contributed by atoms with Crippen LogP contribution in [0.2, 0.25) is 0 Å². The van der Waals surface area contributed by atoms with Crippen LogP contribution in [-0.4, -0.2) is 51.2 Å². The van der Waals surface area contributed by atoms with Crippen LogP contribution in [0.3, 0.4) is 0 Å². The Bertz CT molecular complexity index is 1570. The number of amides is 2. The molecule has 44 heavy (non-hydrogen) atoms. The van der Waals surface area contributed by atoms with Gasteiger partial charge in [-0.1, -0.05) is 91.9 Å². The highest BCUT2D eigenvalue weighted by Gasteiger charge is 2.32. The summed E-state index contributed by atoms with van der Waals surface area (Å²) in [4.78, 5) is 29.3. The van der Waals surface area contributed by atoms with Crippen LogP contribution in [0.5, 0.6) is 0 Å². The van der Waals surface area contributed by atoms with Crippen LogP contribution in [0.15, 0.2) is 97.1 Å².